The molecule has 2 N–H and O–H groups in total. The molecule has 2 fully saturated rings. The minimum Gasteiger partial charge on any atom is -0.353 e. The van der Waals surface area contributed by atoms with E-state index in [9.17, 15) is 9.59 Å². The number of amides is 1. The first-order chi connectivity index (χ1) is 18.4. The number of hydrogen-bond acceptors (Lipinski definition) is 8. The zero-order valence-corrected chi connectivity index (χ0v) is 23.1. The number of carbonyl (C=O) groups excluding carboxylic acids is 2. The Morgan fingerprint density at radius 1 is 1.05 bits per heavy atom. The molecule has 1 aromatic carbocycles. The maximum absolute atomic E-state index is 12.6. The predicted molar refractivity (Wildman–Crippen MR) is 149 cm³/mol. The van der Waals surface area contributed by atoms with Gasteiger partial charge in [-0.15, -0.1) is 0 Å². The zero-order chi connectivity index (χ0) is 26.6. The van der Waals surface area contributed by atoms with Crippen LogP contribution in [0, 0.1) is 19.8 Å². The Morgan fingerprint density at radius 2 is 1.76 bits per heavy atom. The highest BCUT2D eigenvalue weighted by Gasteiger charge is 2.24. The molecule has 3 heterocycles. The predicted octanol–water partition coefficient (Wildman–Crippen LogP) is 4.68. The van der Waals surface area contributed by atoms with Gasteiger partial charge in [0, 0.05) is 67.7 Å². The number of carbonyl (C=O) groups is 2. The molecule has 0 atom stereocenters. The van der Waals surface area contributed by atoms with Gasteiger partial charge in [-0.25, -0.2) is 9.97 Å². The summed E-state index contributed by atoms with van der Waals surface area (Å²) in [6.45, 7) is 8.35. The van der Waals surface area contributed by atoms with Crippen LogP contribution in [-0.2, 0) is 16.0 Å². The van der Waals surface area contributed by atoms with E-state index in [0.29, 0.717) is 55.2 Å². The number of aromatic nitrogens is 4. The number of ketones is 1. The Bertz CT molecular complexity index is 1290. The molecule has 5 rings (SSSR count). The van der Waals surface area contributed by atoms with Gasteiger partial charge >= 0.3 is 0 Å². The van der Waals surface area contributed by atoms with E-state index in [2.05, 4.69) is 20.4 Å². The van der Waals surface area contributed by atoms with Crippen LogP contribution in [0.2, 0.25) is 0 Å². The monoisotopic (exact) mass is 533 g/mol. The molecule has 1 amide bonds. The van der Waals surface area contributed by atoms with Gasteiger partial charge in [-0.2, -0.15) is 5.10 Å². The zero-order valence-electron chi connectivity index (χ0n) is 22.3. The number of anilines is 3. The Morgan fingerprint density at radius 3 is 2.39 bits per heavy atom. The molecular weight excluding hydrogens is 498 g/mol. The van der Waals surface area contributed by atoms with Crippen molar-refractivity contribution in [1.82, 2.24) is 25.1 Å². The van der Waals surface area contributed by atoms with Crippen LogP contribution < -0.4 is 10.2 Å². The second-order valence-electron chi connectivity index (χ2n) is 10.2. The average molecular weight is 534 g/mol. The van der Waals surface area contributed by atoms with Crippen molar-refractivity contribution in [3.63, 3.8) is 0 Å². The van der Waals surface area contributed by atoms with Crippen LogP contribution in [0.25, 0.3) is 0 Å². The molecule has 0 unspecified atom stereocenters. The molecular formula is C28H35N7O2S. The fraction of sp³-hybridized carbons (Fsp3) is 0.464. The van der Waals surface area contributed by atoms with E-state index in [1.54, 1.807) is 6.92 Å². The van der Waals surface area contributed by atoms with Gasteiger partial charge in [-0.05, 0) is 56.1 Å². The number of aromatic amines is 1. The van der Waals surface area contributed by atoms with Crippen molar-refractivity contribution in [1.29, 1.82) is 0 Å². The molecule has 0 radical (unpaired) electrons. The van der Waals surface area contributed by atoms with Crippen LogP contribution >= 0.6 is 11.8 Å². The summed E-state index contributed by atoms with van der Waals surface area (Å²) < 4.78 is 0. The van der Waals surface area contributed by atoms with E-state index in [1.165, 1.54) is 24.6 Å². The molecule has 3 aromatic rings. The fourth-order valence-corrected chi connectivity index (χ4v) is 5.92. The number of H-pyrrole nitrogens is 1. The van der Waals surface area contributed by atoms with Crippen molar-refractivity contribution in [3.8, 4) is 0 Å². The summed E-state index contributed by atoms with van der Waals surface area (Å²) in [4.78, 5) is 39.3. The summed E-state index contributed by atoms with van der Waals surface area (Å²) in [5, 5.41) is 11.2. The Hall–Kier alpha value is -3.40. The molecule has 2 aromatic heterocycles. The summed E-state index contributed by atoms with van der Waals surface area (Å²) in [6, 6.07) is 10.1. The third-order valence-corrected chi connectivity index (χ3v) is 8.27. The highest BCUT2D eigenvalue weighted by molar-refractivity contribution is 7.99. The number of aryl methyl sites for hydroxylation is 1. The number of hydrogen-bond donors (Lipinski definition) is 2. The van der Waals surface area contributed by atoms with Crippen LogP contribution in [0.15, 0.2) is 40.4 Å². The summed E-state index contributed by atoms with van der Waals surface area (Å²) >= 11 is 1.50. The molecule has 10 heteroatoms. The van der Waals surface area contributed by atoms with Crippen LogP contribution in [-0.4, -0.2) is 62.9 Å². The van der Waals surface area contributed by atoms with E-state index in [1.807, 2.05) is 49.1 Å². The molecule has 0 bridgehead atoms. The van der Waals surface area contributed by atoms with E-state index in [0.717, 1.165) is 40.4 Å². The van der Waals surface area contributed by atoms with Crippen molar-refractivity contribution >= 4 is 40.9 Å². The Kier molecular flexibility index (Phi) is 7.97. The van der Waals surface area contributed by atoms with Gasteiger partial charge in [0.05, 0.1) is 0 Å². The molecule has 2 aliphatic rings. The molecule has 38 heavy (non-hydrogen) atoms. The molecule has 1 aliphatic carbocycles. The number of nitrogens with zero attached hydrogens (tertiary/aromatic N) is 5. The SMILES string of the molecule is CC(=O)N1CCN(c2nc(Sc3ccc(CC(=O)C4CCCC4)cc3)nc(Nc3cc(C)[nH]n3)c2C)CC1. The van der Waals surface area contributed by atoms with Crippen LogP contribution in [0.3, 0.4) is 0 Å². The summed E-state index contributed by atoms with van der Waals surface area (Å²) in [6.07, 6.45) is 4.93. The van der Waals surface area contributed by atoms with Crippen LogP contribution in [0.5, 0.6) is 0 Å². The lowest BCUT2D eigenvalue weighted by molar-refractivity contribution is -0.129. The van der Waals surface area contributed by atoms with Crippen molar-refractivity contribution in [2.45, 2.75) is 62.9 Å². The number of nitrogens with one attached hydrogen (secondary N) is 2. The third kappa shape index (κ3) is 6.18. The Balaban J connectivity index is 1.36. The quantitative estimate of drug-likeness (QED) is 0.402. The standard InChI is InChI=1S/C28H35N7O2S/c1-18-16-25(33-32-18)29-26-19(2)27(35-14-12-34(13-15-35)20(3)36)31-28(30-26)38-23-10-8-21(9-11-23)17-24(37)22-6-4-5-7-22/h8-11,16,22H,4-7,12-15,17H2,1-3H3,(H2,29,30,31,32,33). The van der Waals surface area contributed by atoms with Crippen LogP contribution in [0.1, 0.15) is 49.4 Å². The normalized spacial score (nSPS) is 16.2. The number of Topliss-reactive ketones (excluding diaryl/α,β-unsaturated/α-hetero) is 1. The highest BCUT2D eigenvalue weighted by atomic mass is 32.2. The van der Waals surface area contributed by atoms with E-state index in [-0.39, 0.29) is 11.8 Å². The topological polar surface area (TPSA) is 107 Å². The molecule has 1 saturated heterocycles. The minimum atomic E-state index is 0.102. The first-order valence-electron chi connectivity index (χ1n) is 13.3. The maximum atomic E-state index is 12.6. The number of piperazine rings is 1. The average Bonchev–Trinajstić information content (AvgIpc) is 3.59. The van der Waals surface area contributed by atoms with Crippen molar-refractivity contribution in [3.05, 3.63) is 47.2 Å². The molecule has 9 nitrogen and oxygen atoms in total. The minimum absolute atomic E-state index is 0.102. The molecule has 200 valence electrons. The second kappa shape index (κ2) is 11.6. The summed E-state index contributed by atoms with van der Waals surface area (Å²) in [5.41, 5.74) is 2.95. The fourth-order valence-electron chi connectivity index (χ4n) is 5.17. The van der Waals surface area contributed by atoms with E-state index in [4.69, 9.17) is 9.97 Å². The molecule has 1 aliphatic heterocycles. The maximum Gasteiger partial charge on any atom is 0.219 e. The van der Waals surface area contributed by atoms with Crippen molar-refractivity contribution < 1.29 is 9.59 Å². The molecule has 0 spiro atoms. The largest absolute Gasteiger partial charge is 0.353 e. The lowest BCUT2D eigenvalue weighted by atomic mass is 9.97. The van der Waals surface area contributed by atoms with Gasteiger partial charge < -0.3 is 15.1 Å². The number of rotatable bonds is 8. The highest BCUT2D eigenvalue weighted by Crippen LogP contribution is 2.33. The third-order valence-electron chi connectivity index (χ3n) is 7.40. The first kappa shape index (κ1) is 26.2. The van der Waals surface area contributed by atoms with E-state index < -0.39 is 0 Å². The smallest absolute Gasteiger partial charge is 0.219 e. The summed E-state index contributed by atoms with van der Waals surface area (Å²) in [5.74, 6) is 2.97. The molecule has 1 saturated carbocycles. The van der Waals surface area contributed by atoms with Gasteiger partial charge in [-0.3, -0.25) is 14.7 Å². The lowest BCUT2D eigenvalue weighted by Gasteiger charge is -2.35. The van der Waals surface area contributed by atoms with Gasteiger partial charge in [0.1, 0.15) is 17.4 Å². The Labute approximate surface area is 227 Å². The van der Waals surface area contributed by atoms with Gasteiger partial charge in [0.25, 0.3) is 0 Å². The lowest BCUT2D eigenvalue weighted by Crippen LogP contribution is -2.48. The van der Waals surface area contributed by atoms with Gasteiger partial charge in [0.15, 0.2) is 11.0 Å². The van der Waals surface area contributed by atoms with E-state index >= 15 is 0 Å². The van der Waals surface area contributed by atoms with Gasteiger partial charge in [0.2, 0.25) is 5.91 Å². The summed E-state index contributed by atoms with van der Waals surface area (Å²) in [7, 11) is 0. The van der Waals surface area contributed by atoms with Crippen molar-refractivity contribution in [2.24, 2.45) is 5.92 Å². The van der Waals surface area contributed by atoms with Crippen molar-refractivity contribution in [2.75, 3.05) is 36.4 Å². The first-order valence-corrected chi connectivity index (χ1v) is 14.1. The van der Waals surface area contributed by atoms with Crippen LogP contribution in [0.4, 0.5) is 17.5 Å². The number of benzene rings is 1. The van der Waals surface area contributed by atoms with Gasteiger partial charge in [-0.1, -0.05) is 25.0 Å². The second-order valence-corrected chi connectivity index (χ2v) is 11.3.